The molecule has 1 nitrogen and oxygen atoms in total. The maximum absolute atomic E-state index is 13.5. The molecule has 1 aromatic rings. The van der Waals surface area contributed by atoms with Gasteiger partial charge in [-0.25, -0.2) is 8.78 Å². The van der Waals surface area contributed by atoms with Crippen LogP contribution in [0.15, 0.2) is 0 Å². The second-order valence-corrected chi connectivity index (χ2v) is 3.93. The van der Waals surface area contributed by atoms with Crippen molar-refractivity contribution in [2.45, 2.75) is 26.7 Å². The van der Waals surface area contributed by atoms with Gasteiger partial charge in [0, 0.05) is 11.1 Å². The molecule has 0 unspecified atom stereocenters. The first kappa shape index (κ1) is 11.2. The van der Waals surface area contributed by atoms with E-state index in [0.717, 1.165) is 0 Å². The maximum Gasteiger partial charge on any atom is 0.154 e. The maximum atomic E-state index is 13.5. The summed E-state index contributed by atoms with van der Waals surface area (Å²) in [5, 5.41) is 0.129. The fourth-order valence-corrected chi connectivity index (χ4v) is 1.73. The van der Waals surface area contributed by atoms with Gasteiger partial charge in [-0.3, -0.25) is 0 Å². The summed E-state index contributed by atoms with van der Waals surface area (Å²) < 4.78 is 26.8. The van der Waals surface area contributed by atoms with Crippen LogP contribution in [0.25, 0.3) is 0 Å². The van der Waals surface area contributed by atoms with Gasteiger partial charge in [-0.1, -0.05) is 25.4 Å². The summed E-state index contributed by atoms with van der Waals surface area (Å²) >= 11 is 5.84. The summed E-state index contributed by atoms with van der Waals surface area (Å²) in [4.78, 5) is 0. The molecule has 2 N–H and O–H groups in total. The minimum Gasteiger partial charge on any atom is -0.394 e. The van der Waals surface area contributed by atoms with Gasteiger partial charge in [-0.2, -0.15) is 0 Å². The van der Waals surface area contributed by atoms with Gasteiger partial charge >= 0.3 is 0 Å². The SMILES string of the molecule is Cc1c(F)c(N)c(F)c(C(C)C)c1Cl. The third-order valence-electron chi connectivity index (χ3n) is 2.18. The molecule has 1 aromatic carbocycles. The molecule has 14 heavy (non-hydrogen) atoms. The summed E-state index contributed by atoms with van der Waals surface area (Å²) in [7, 11) is 0. The number of nitrogens with two attached hydrogens (primary N) is 1. The van der Waals surface area contributed by atoms with E-state index < -0.39 is 17.3 Å². The fourth-order valence-electron chi connectivity index (χ4n) is 1.35. The zero-order chi connectivity index (χ0) is 11.0. The summed E-state index contributed by atoms with van der Waals surface area (Å²) in [6.45, 7) is 5.04. The highest BCUT2D eigenvalue weighted by atomic mass is 35.5. The summed E-state index contributed by atoms with van der Waals surface area (Å²) in [5.41, 5.74) is 5.32. The average Bonchev–Trinajstić information content (AvgIpc) is 2.11. The molecule has 4 heteroatoms. The molecule has 0 heterocycles. The van der Waals surface area contributed by atoms with E-state index in [1.807, 2.05) is 0 Å². The van der Waals surface area contributed by atoms with Crippen LogP contribution in [0.3, 0.4) is 0 Å². The Morgan fingerprint density at radius 2 is 1.71 bits per heavy atom. The molecule has 78 valence electrons. The molecular formula is C10H12ClF2N. The van der Waals surface area contributed by atoms with Crippen molar-refractivity contribution in [3.05, 3.63) is 27.8 Å². The van der Waals surface area contributed by atoms with Crippen LogP contribution in [0.5, 0.6) is 0 Å². The minimum absolute atomic E-state index is 0.121. The number of benzene rings is 1. The molecule has 0 spiro atoms. The van der Waals surface area contributed by atoms with Crippen LogP contribution in [-0.2, 0) is 0 Å². The van der Waals surface area contributed by atoms with Crippen molar-refractivity contribution >= 4 is 17.3 Å². The van der Waals surface area contributed by atoms with Crippen LogP contribution >= 0.6 is 11.6 Å². The third-order valence-corrected chi connectivity index (χ3v) is 2.67. The van der Waals surface area contributed by atoms with Gasteiger partial charge in [-0.15, -0.1) is 0 Å². The lowest BCUT2D eigenvalue weighted by Gasteiger charge is -2.14. The number of rotatable bonds is 1. The van der Waals surface area contributed by atoms with Crippen molar-refractivity contribution in [1.82, 2.24) is 0 Å². The highest BCUT2D eigenvalue weighted by molar-refractivity contribution is 6.32. The van der Waals surface area contributed by atoms with Crippen molar-refractivity contribution in [1.29, 1.82) is 0 Å². The second-order valence-electron chi connectivity index (χ2n) is 3.55. The quantitative estimate of drug-likeness (QED) is 0.718. The predicted octanol–water partition coefficient (Wildman–Crippen LogP) is 3.63. The molecule has 0 saturated carbocycles. The molecule has 0 saturated heterocycles. The van der Waals surface area contributed by atoms with Crippen LogP contribution in [0.1, 0.15) is 30.9 Å². The van der Waals surface area contributed by atoms with Crippen molar-refractivity contribution < 1.29 is 8.78 Å². The minimum atomic E-state index is -0.767. The van der Waals surface area contributed by atoms with E-state index in [1.165, 1.54) is 6.92 Å². The monoisotopic (exact) mass is 219 g/mol. The first-order valence-electron chi connectivity index (χ1n) is 4.30. The highest BCUT2D eigenvalue weighted by Crippen LogP contribution is 2.35. The van der Waals surface area contributed by atoms with Crippen LogP contribution in [0.2, 0.25) is 5.02 Å². The molecule has 0 bridgehead atoms. The Hall–Kier alpha value is -0.830. The smallest absolute Gasteiger partial charge is 0.154 e. The second kappa shape index (κ2) is 3.73. The number of anilines is 1. The molecule has 0 fully saturated rings. The van der Waals surface area contributed by atoms with Crippen molar-refractivity contribution in [2.75, 3.05) is 5.73 Å². The number of hydrogen-bond acceptors (Lipinski definition) is 1. The lowest BCUT2D eigenvalue weighted by molar-refractivity contribution is 0.568. The van der Waals surface area contributed by atoms with Gasteiger partial charge < -0.3 is 5.73 Å². The Balaban J connectivity index is 3.60. The Bertz CT molecular complexity index is 346. The number of halogens is 3. The summed E-state index contributed by atoms with van der Waals surface area (Å²) in [5.74, 6) is -1.63. The lowest BCUT2D eigenvalue weighted by atomic mass is 9.99. The van der Waals surface area contributed by atoms with Gasteiger partial charge in [0.15, 0.2) is 11.6 Å². The first-order valence-corrected chi connectivity index (χ1v) is 4.68. The van der Waals surface area contributed by atoms with Crippen LogP contribution in [-0.4, -0.2) is 0 Å². The summed E-state index contributed by atoms with van der Waals surface area (Å²) in [6, 6.07) is 0. The van der Waals surface area contributed by atoms with Gasteiger partial charge in [0.2, 0.25) is 0 Å². The van der Waals surface area contributed by atoms with E-state index in [0.29, 0.717) is 0 Å². The van der Waals surface area contributed by atoms with E-state index in [4.69, 9.17) is 17.3 Å². The van der Waals surface area contributed by atoms with Crippen molar-refractivity contribution in [3.8, 4) is 0 Å². The van der Waals surface area contributed by atoms with Crippen molar-refractivity contribution in [3.63, 3.8) is 0 Å². The van der Waals surface area contributed by atoms with E-state index in [1.54, 1.807) is 13.8 Å². The summed E-state index contributed by atoms with van der Waals surface area (Å²) in [6.07, 6.45) is 0. The molecule has 1 rings (SSSR count). The average molecular weight is 220 g/mol. The van der Waals surface area contributed by atoms with E-state index in [-0.39, 0.29) is 22.1 Å². The molecule has 0 aliphatic rings. The van der Waals surface area contributed by atoms with Crippen LogP contribution < -0.4 is 5.73 Å². The molecule has 0 atom stereocenters. The van der Waals surface area contributed by atoms with Crippen molar-refractivity contribution in [2.24, 2.45) is 0 Å². The van der Waals surface area contributed by atoms with E-state index in [2.05, 4.69) is 0 Å². The predicted molar refractivity (Wildman–Crippen MR) is 54.6 cm³/mol. The third kappa shape index (κ3) is 1.57. The molecule has 0 aromatic heterocycles. The first-order chi connectivity index (χ1) is 6.37. The zero-order valence-electron chi connectivity index (χ0n) is 8.29. The molecule has 0 amide bonds. The van der Waals surface area contributed by atoms with Crippen LogP contribution in [0, 0.1) is 18.6 Å². The van der Waals surface area contributed by atoms with Crippen LogP contribution in [0.4, 0.5) is 14.5 Å². The van der Waals surface area contributed by atoms with E-state index in [9.17, 15) is 8.78 Å². The van der Waals surface area contributed by atoms with Gasteiger partial charge in [0.05, 0.1) is 5.02 Å². The number of nitrogen functional groups attached to an aromatic ring is 1. The fraction of sp³-hybridized carbons (Fsp3) is 0.400. The normalized spacial score (nSPS) is 11.1. The highest BCUT2D eigenvalue weighted by Gasteiger charge is 2.21. The van der Waals surface area contributed by atoms with Gasteiger partial charge in [0.25, 0.3) is 0 Å². The lowest BCUT2D eigenvalue weighted by Crippen LogP contribution is -2.05. The molecule has 0 radical (unpaired) electrons. The Morgan fingerprint density at radius 3 is 2.14 bits per heavy atom. The zero-order valence-corrected chi connectivity index (χ0v) is 9.04. The molecule has 0 aliphatic heterocycles. The van der Waals surface area contributed by atoms with E-state index >= 15 is 0 Å². The topological polar surface area (TPSA) is 26.0 Å². The largest absolute Gasteiger partial charge is 0.394 e. The Kier molecular flexibility index (Phi) is 3.00. The Labute approximate surface area is 86.9 Å². The van der Waals surface area contributed by atoms with Gasteiger partial charge in [0.1, 0.15) is 5.69 Å². The standard InChI is InChI=1S/C10H12ClF2N/c1-4(2)6-7(11)5(3)8(12)10(14)9(6)13/h4H,14H2,1-3H3. The number of hydrogen-bond donors (Lipinski definition) is 1. The molecular weight excluding hydrogens is 208 g/mol. The Morgan fingerprint density at radius 1 is 1.21 bits per heavy atom. The van der Waals surface area contributed by atoms with Gasteiger partial charge in [-0.05, 0) is 12.8 Å². The molecule has 0 aliphatic carbocycles.